The van der Waals surface area contributed by atoms with Crippen molar-refractivity contribution in [2.75, 3.05) is 39.5 Å². The normalized spacial score (nSPS) is 16.5. The molecule has 0 rings (SSSR count). The van der Waals surface area contributed by atoms with Crippen molar-refractivity contribution in [1.29, 1.82) is 0 Å². The maximum absolute atomic E-state index is 13.6. The molecule has 7 nitrogen and oxygen atoms in total. The summed E-state index contributed by atoms with van der Waals surface area (Å²) in [6, 6.07) is 0. The number of hydroxylamine groups is 2. The molecule has 36 heavy (non-hydrogen) atoms. The molecule has 0 bridgehead atoms. The third kappa shape index (κ3) is 8.80. The second-order valence-corrected chi connectivity index (χ2v) is 8.20. The molecular formula is C14H18F14NO6P. The number of hydrogen-bond donors (Lipinski definition) is 2. The van der Waals surface area contributed by atoms with E-state index in [2.05, 4.69) is 13.7 Å². The van der Waals surface area contributed by atoms with E-state index < -0.39 is 96.2 Å². The molecule has 0 amide bonds. The second kappa shape index (κ2) is 12.2. The summed E-state index contributed by atoms with van der Waals surface area (Å²) in [7, 11) is -5.67. The van der Waals surface area contributed by atoms with E-state index >= 15 is 0 Å². The Morgan fingerprint density at radius 3 is 1.33 bits per heavy atom. The molecule has 0 radical (unpaired) electrons. The third-order valence-corrected chi connectivity index (χ3v) is 5.30. The Bertz CT molecular complexity index is 726. The monoisotopic (exact) mass is 593 g/mol. The van der Waals surface area contributed by atoms with Crippen LogP contribution < -0.4 is 0 Å². The van der Waals surface area contributed by atoms with Gasteiger partial charge in [0.2, 0.25) is 0 Å². The summed E-state index contributed by atoms with van der Waals surface area (Å²) in [4.78, 5) is 0. The summed E-state index contributed by atoms with van der Waals surface area (Å²) in [6.45, 7) is -7.25. The van der Waals surface area contributed by atoms with E-state index in [1.54, 1.807) is 0 Å². The minimum Gasteiger partial charge on any atom is -0.395 e. The van der Waals surface area contributed by atoms with Gasteiger partial charge in [0, 0.05) is 25.9 Å². The fourth-order valence-corrected chi connectivity index (χ4v) is 3.16. The molecule has 0 aliphatic carbocycles. The highest BCUT2D eigenvalue weighted by Crippen LogP contribution is 2.55. The number of rotatable bonds is 16. The van der Waals surface area contributed by atoms with Gasteiger partial charge in [0.1, 0.15) is 0 Å². The number of phosphoric ester groups is 1. The van der Waals surface area contributed by atoms with Crippen molar-refractivity contribution in [2.24, 2.45) is 0 Å². The van der Waals surface area contributed by atoms with Crippen molar-refractivity contribution in [3.63, 3.8) is 0 Å². The van der Waals surface area contributed by atoms with E-state index in [1.165, 1.54) is 0 Å². The second-order valence-electron chi connectivity index (χ2n) is 6.62. The first kappa shape index (κ1) is 35.0. The lowest BCUT2D eigenvalue weighted by Crippen LogP contribution is -2.61. The van der Waals surface area contributed by atoms with E-state index in [0.29, 0.717) is 0 Å². The van der Waals surface area contributed by atoms with E-state index in [1.807, 2.05) is 0 Å². The van der Waals surface area contributed by atoms with Crippen LogP contribution in [0.5, 0.6) is 0 Å². The summed E-state index contributed by atoms with van der Waals surface area (Å²) in [5, 5.41) is 17.8. The molecule has 0 aromatic heterocycles. The number of nitrogens with zero attached hydrogens (tertiary/aromatic N) is 1. The molecule has 0 spiro atoms. The topological polar surface area (TPSA) is 88.5 Å². The predicted octanol–water partition coefficient (Wildman–Crippen LogP) is 4.79. The van der Waals surface area contributed by atoms with Crippen molar-refractivity contribution in [1.82, 2.24) is 5.06 Å². The number of aliphatic hydroxyl groups is 2. The van der Waals surface area contributed by atoms with E-state index in [4.69, 9.17) is 10.2 Å². The van der Waals surface area contributed by atoms with Crippen LogP contribution in [-0.2, 0) is 18.2 Å². The molecule has 0 fully saturated rings. The molecule has 0 heterocycles. The molecule has 0 aliphatic heterocycles. The van der Waals surface area contributed by atoms with Gasteiger partial charge < -0.3 is 10.2 Å². The van der Waals surface area contributed by atoms with E-state index in [-0.39, 0.29) is 5.06 Å². The molecule has 2 N–H and O–H groups in total. The number of aliphatic hydroxyl groups excluding tert-OH is 2. The van der Waals surface area contributed by atoms with Crippen LogP contribution in [0.2, 0.25) is 0 Å². The van der Waals surface area contributed by atoms with Gasteiger partial charge in [0.15, 0.2) is 0 Å². The Kier molecular flexibility index (Phi) is 11.9. The van der Waals surface area contributed by atoms with Gasteiger partial charge in [-0.15, -0.1) is 0 Å². The summed E-state index contributed by atoms with van der Waals surface area (Å²) in [5.41, 5.74) is 0. The molecule has 0 aromatic carbocycles. The highest BCUT2D eigenvalue weighted by molar-refractivity contribution is 7.48. The Morgan fingerprint density at radius 1 is 0.611 bits per heavy atom. The minimum atomic E-state index is -7.26. The van der Waals surface area contributed by atoms with Crippen LogP contribution in [0.3, 0.4) is 0 Å². The Balaban J connectivity index is 5.65. The van der Waals surface area contributed by atoms with Crippen molar-refractivity contribution in [3.05, 3.63) is 0 Å². The predicted molar refractivity (Wildman–Crippen MR) is 87.5 cm³/mol. The zero-order chi connectivity index (χ0) is 28.9. The maximum atomic E-state index is 13.6. The lowest BCUT2D eigenvalue weighted by atomic mass is 10.0. The van der Waals surface area contributed by atoms with Gasteiger partial charge in [0.25, 0.3) is 0 Å². The average Bonchev–Trinajstić information content (AvgIpc) is 2.65. The molecule has 0 aromatic rings. The molecule has 22 heteroatoms. The number of halogens is 14. The molecule has 218 valence electrons. The lowest BCUT2D eigenvalue weighted by molar-refractivity contribution is -0.397. The van der Waals surface area contributed by atoms with Gasteiger partial charge in [-0.25, -0.2) is 4.57 Å². The smallest absolute Gasteiger partial charge is 0.395 e. The average molecular weight is 593 g/mol. The largest absolute Gasteiger partial charge is 0.491 e. The highest BCUT2D eigenvalue weighted by atomic mass is 31.2. The molecule has 0 saturated heterocycles. The van der Waals surface area contributed by atoms with Crippen molar-refractivity contribution in [2.45, 2.75) is 48.9 Å². The van der Waals surface area contributed by atoms with Gasteiger partial charge in [-0.2, -0.15) is 71.2 Å². The first-order valence-electron chi connectivity index (χ1n) is 9.11. The van der Waals surface area contributed by atoms with Crippen LogP contribution >= 0.6 is 7.82 Å². The fourth-order valence-electron chi connectivity index (χ4n) is 1.92. The van der Waals surface area contributed by atoms with Gasteiger partial charge >= 0.3 is 43.9 Å². The van der Waals surface area contributed by atoms with Crippen LogP contribution in [0.1, 0.15) is 12.8 Å². The SMILES string of the molecule is O=P(OCCC(F)(F)C(F)(F)F)(OCCC(F)(F)C(F)(F)C(F)(F)C(F)(F)F)ON(CCO)CCO. The zero-order valence-electron chi connectivity index (χ0n) is 17.4. The molecule has 1 unspecified atom stereocenters. The maximum Gasteiger partial charge on any atom is 0.491 e. The number of alkyl halides is 14. The van der Waals surface area contributed by atoms with Crippen molar-refractivity contribution in [3.8, 4) is 0 Å². The van der Waals surface area contributed by atoms with E-state index in [0.717, 1.165) is 0 Å². The summed E-state index contributed by atoms with van der Waals surface area (Å²) in [5.74, 6) is -26.0. The minimum absolute atomic E-state index is 0.243. The first-order chi connectivity index (χ1) is 15.9. The Morgan fingerprint density at radius 2 is 1.00 bits per heavy atom. The summed E-state index contributed by atoms with van der Waals surface area (Å²) < 4.78 is 203. The third-order valence-electron chi connectivity index (χ3n) is 3.87. The number of phosphoric acid groups is 1. The van der Waals surface area contributed by atoms with Crippen molar-refractivity contribution >= 4 is 7.82 Å². The van der Waals surface area contributed by atoms with Gasteiger partial charge in [-0.3, -0.25) is 9.05 Å². The lowest BCUT2D eigenvalue weighted by Gasteiger charge is -2.33. The Hall–Kier alpha value is -0.990. The molecule has 1 atom stereocenters. The first-order valence-corrected chi connectivity index (χ1v) is 10.6. The highest BCUT2D eigenvalue weighted by Gasteiger charge is 2.81. The van der Waals surface area contributed by atoms with Crippen LogP contribution in [-0.4, -0.2) is 90.8 Å². The Labute approximate surface area is 192 Å². The zero-order valence-corrected chi connectivity index (χ0v) is 18.3. The van der Waals surface area contributed by atoms with Gasteiger partial charge in [0.05, 0.1) is 26.4 Å². The van der Waals surface area contributed by atoms with Crippen molar-refractivity contribution < 1.29 is 89.9 Å². The standard InChI is InChI=1S/C14H18F14NO6P/c15-9(16,11(19,20)12(21,22)14(26,27)28)1-7-33-36(32,35-29(3-5-30)4-6-31)34-8-2-10(17,18)13(23,24)25/h30-31H,1-8H2. The van der Waals surface area contributed by atoms with Gasteiger partial charge in [-0.05, 0) is 0 Å². The summed E-state index contributed by atoms with van der Waals surface area (Å²) >= 11 is 0. The quantitative estimate of drug-likeness (QED) is 0.151. The summed E-state index contributed by atoms with van der Waals surface area (Å²) in [6.07, 6.45) is -18.3. The molecule has 0 saturated carbocycles. The van der Waals surface area contributed by atoms with Crippen LogP contribution in [0, 0.1) is 0 Å². The van der Waals surface area contributed by atoms with Crippen LogP contribution in [0.4, 0.5) is 61.5 Å². The van der Waals surface area contributed by atoms with Crippen LogP contribution in [0.25, 0.3) is 0 Å². The molecule has 0 aliphatic rings. The van der Waals surface area contributed by atoms with Crippen LogP contribution in [0.15, 0.2) is 0 Å². The van der Waals surface area contributed by atoms with E-state index in [9.17, 15) is 66.0 Å². The molecular weight excluding hydrogens is 575 g/mol. The number of hydrogen-bond acceptors (Lipinski definition) is 7. The fraction of sp³-hybridized carbons (Fsp3) is 1.00. The van der Waals surface area contributed by atoms with Gasteiger partial charge in [-0.1, -0.05) is 0 Å².